The molecule has 2 N–H and O–H groups in total. The molecule has 0 amide bonds. The van der Waals surface area contributed by atoms with Crippen LogP contribution in [0.4, 0.5) is 17.1 Å². The van der Waals surface area contributed by atoms with Gasteiger partial charge in [-0.15, -0.1) is 0 Å². The van der Waals surface area contributed by atoms with E-state index in [0.717, 1.165) is 27.8 Å². The van der Waals surface area contributed by atoms with Gasteiger partial charge in [-0.3, -0.25) is 0 Å². The van der Waals surface area contributed by atoms with E-state index in [2.05, 4.69) is 116 Å². The Morgan fingerprint density at radius 1 is 0.523 bits per heavy atom. The summed E-state index contributed by atoms with van der Waals surface area (Å²) >= 11 is 0. The minimum absolute atomic E-state index is 0.302. The molecule has 1 aliphatic heterocycles. The van der Waals surface area contributed by atoms with Crippen LogP contribution in [0.1, 0.15) is 25.0 Å². The number of fused-ring (bicyclic) bond motifs is 12. The van der Waals surface area contributed by atoms with Gasteiger partial charge in [-0.1, -0.05) is 117 Å². The van der Waals surface area contributed by atoms with Gasteiger partial charge in [-0.25, -0.2) is 0 Å². The molecule has 0 aliphatic carbocycles. The summed E-state index contributed by atoms with van der Waals surface area (Å²) in [5, 5.41) is 29.6. The fraction of sp³-hybridized carbons (Fsp3) is 0.0769. The summed E-state index contributed by atoms with van der Waals surface area (Å²) in [6.45, 7) is 4.67. The van der Waals surface area contributed by atoms with Crippen molar-refractivity contribution in [1.82, 2.24) is 0 Å². The number of benzene rings is 7. The van der Waals surface area contributed by atoms with E-state index in [4.69, 9.17) is 4.42 Å². The summed E-state index contributed by atoms with van der Waals surface area (Å²) in [6.07, 6.45) is 0. The third-order valence-corrected chi connectivity index (χ3v) is 9.62. The van der Waals surface area contributed by atoms with Crippen LogP contribution in [0.5, 0.6) is 0 Å². The average Bonchev–Trinajstić information content (AvgIpc) is 3.44. The van der Waals surface area contributed by atoms with E-state index in [-0.39, 0.29) is 5.41 Å². The summed E-state index contributed by atoms with van der Waals surface area (Å²) in [5.74, 6) is 0. The maximum Gasteiger partial charge on any atom is 0.492 e. The zero-order valence-electron chi connectivity index (χ0n) is 24.4. The van der Waals surface area contributed by atoms with Crippen molar-refractivity contribution in [1.29, 1.82) is 0 Å². The Balaban J connectivity index is 1.45. The molecule has 0 atom stereocenters. The Kier molecular flexibility index (Phi) is 5.17. The molecule has 0 spiro atoms. The van der Waals surface area contributed by atoms with Crippen molar-refractivity contribution in [2.75, 3.05) is 4.90 Å². The van der Waals surface area contributed by atoms with Gasteiger partial charge in [-0.2, -0.15) is 0 Å². The standard InChI is InChI=1S/C39H28BNO3/c1-39(2)30-17-7-8-19-32(30)41(34-20-10-16-29-28-15-9-18-31(40(42)43)37(28)44-38(29)34)33-22-21-27-25-13-4-3-11-23(25)24-12-5-6-14-26(24)35(27)36(33)39/h3-22,42-43H,1-2H3. The average molecular weight is 569 g/mol. The molecular formula is C39H28BNO3. The summed E-state index contributed by atoms with van der Waals surface area (Å²) in [7, 11) is -1.63. The third-order valence-electron chi connectivity index (χ3n) is 9.62. The summed E-state index contributed by atoms with van der Waals surface area (Å²) in [6, 6.07) is 42.4. The van der Waals surface area contributed by atoms with Crippen molar-refractivity contribution in [2.45, 2.75) is 19.3 Å². The second kappa shape index (κ2) is 8.96. The number of hydrogen-bond donors (Lipinski definition) is 2. The number of furan rings is 1. The van der Waals surface area contributed by atoms with Crippen molar-refractivity contribution in [3.8, 4) is 0 Å². The predicted octanol–water partition coefficient (Wildman–Crippen LogP) is 8.83. The molecule has 5 heteroatoms. The van der Waals surface area contributed by atoms with Gasteiger partial charge in [0.25, 0.3) is 0 Å². The monoisotopic (exact) mass is 569 g/mol. The molecule has 0 fully saturated rings. The number of para-hydroxylation sites is 3. The van der Waals surface area contributed by atoms with Crippen LogP contribution in [0.25, 0.3) is 54.3 Å². The van der Waals surface area contributed by atoms with Gasteiger partial charge in [0.15, 0.2) is 5.58 Å². The zero-order valence-corrected chi connectivity index (χ0v) is 24.4. The Morgan fingerprint density at radius 2 is 1.07 bits per heavy atom. The number of anilines is 3. The highest BCUT2D eigenvalue weighted by atomic mass is 16.4. The topological polar surface area (TPSA) is 56.8 Å². The van der Waals surface area contributed by atoms with Crippen molar-refractivity contribution >= 4 is 83.9 Å². The molecule has 0 saturated carbocycles. The van der Waals surface area contributed by atoms with Crippen LogP contribution in [0.3, 0.4) is 0 Å². The minimum atomic E-state index is -1.63. The minimum Gasteiger partial charge on any atom is -0.454 e. The predicted molar refractivity (Wildman–Crippen MR) is 183 cm³/mol. The fourth-order valence-corrected chi connectivity index (χ4v) is 7.73. The first-order chi connectivity index (χ1) is 21.4. The van der Waals surface area contributed by atoms with Gasteiger partial charge < -0.3 is 19.4 Å². The molecule has 0 radical (unpaired) electrons. The quantitative estimate of drug-likeness (QED) is 0.161. The molecule has 0 saturated heterocycles. The number of nitrogens with zero attached hydrogens (tertiary/aromatic N) is 1. The van der Waals surface area contributed by atoms with Crippen LogP contribution in [0.2, 0.25) is 0 Å². The first-order valence-electron chi connectivity index (χ1n) is 15.0. The largest absolute Gasteiger partial charge is 0.492 e. The van der Waals surface area contributed by atoms with Gasteiger partial charge in [-0.05, 0) is 61.6 Å². The van der Waals surface area contributed by atoms with Crippen LogP contribution in [-0.4, -0.2) is 17.2 Å². The molecule has 7 aromatic carbocycles. The lowest BCUT2D eigenvalue weighted by Gasteiger charge is -2.43. The summed E-state index contributed by atoms with van der Waals surface area (Å²) in [4.78, 5) is 2.33. The SMILES string of the molecule is CC1(C)c2ccccc2N(c2cccc3c2oc2c(B(O)O)cccc23)c2ccc3c4ccccc4c4ccccc4c3c21. The maximum absolute atomic E-state index is 10.1. The number of hydrogen-bond acceptors (Lipinski definition) is 4. The highest BCUT2D eigenvalue weighted by Gasteiger charge is 2.39. The second-order valence-corrected chi connectivity index (χ2v) is 12.3. The van der Waals surface area contributed by atoms with Crippen LogP contribution in [0, 0.1) is 0 Å². The Hall–Kier alpha value is -5.10. The molecule has 8 aromatic rings. The molecule has 4 nitrogen and oxygen atoms in total. The Morgan fingerprint density at radius 3 is 1.80 bits per heavy atom. The fourth-order valence-electron chi connectivity index (χ4n) is 7.73. The lowest BCUT2D eigenvalue weighted by Crippen LogP contribution is -2.31. The molecule has 210 valence electrons. The van der Waals surface area contributed by atoms with Crippen LogP contribution in [0.15, 0.2) is 126 Å². The first-order valence-corrected chi connectivity index (χ1v) is 15.0. The van der Waals surface area contributed by atoms with Crippen molar-refractivity contribution in [3.63, 3.8) is 0 Å². The van der Waals surface area contributed by atoms with E-state index in [1.165, 1.54) is 43.4 Å². The van der Waals surface area contributed by atoms with E-state index < -0.39 is 7.12 Å². The van der Waals surface area contributed by atoms with E-state index in [0.29, 0.717) is 16.6 Å². The lowest BCUT2D eigenvalue weighted by atomic mass is 9.71. The smallest absolute Gasteiger partial charge is 0.454 e. The third kappa shape index (κ3) is 3.25. The van der Waals surface area contributed by atoms with E-state index in [1.54, 1.807) is 6.07 Å². The molecule has 0 unspecified atom stereocenters. The highest BCUT2D eigenvalue weighted by molar-refractivity contribution is 6.61. The van der Waals surface area contributed by atoms with E-state index in [9.17, 15) is 10.0 Å². The van der Waals surface area contributed by atoms with Crippen molar-refractivity contribution in [3.05, 3.63) is 132 Å². The van der Waals surface area contributed by atoms with E-state index in [1.807, 2.05) is 18.2 Å². The molecular weight excluding hydrogens is 541 g/mol. The van der Waals surface area contributed by atoms with Crippen LogP contribution >= 0.6 is 0 Å². The first kappa shape index (κ1) is 25.4. The molecule has 1 aromatic heterocycles. The van der Waals surface area contributed by atoms with Gasteiger partial charge in [0, 0.05) is 21.7 Å². The highest BCUT2D eigenvalue weighted by Crippen LogP contribution is 2.56. The van der Waals surface area contributed by atoms with Gasteiger partial charge >= 0.3 is 7.12 Å². The Labute approximate surface area is 254 Å². The van der Waals surface area contributed by atoms with Crippen molar-refractivity contribution in [2.24, 2.45) is 0 Å². The summed E-state index contributed by atoms with van der Waals surface area (Å²) < 4.78 is 6.57. The normalized spacial score (nSPS) is 14.0. The van der Waals surface area contributed by atoms with Gasteiger partial charge in [0.05, 0.1) is 17.1 Å². The van der Waals surface area contributed by atoms with Crippen LogP contribution in [-0.2, 0) is 5.41 Å². The van der Waals surface area contributed by atoms with Gasteiger partial charge in [0.1, 0.15) is 5.58 Å². The zero-order chi connectivity index (χ0) is 29.7. The molecule has 2 heterocycles. The molecule has 9 rings (SSSR count). The summed E-state index contributed by atoms with van der Waals surface area (Å²) in [5.41, 5.74) is 6.88. The second-order valence-electron chi connectivity index (χ2n) is 12.3. The lowest BCUT2D eigenvalue weighted by molar-refractivity contribution is 0.425. The number of rotatable bonds is 2. The van der Waals surface area contributed by atoms with E-state index >= 15 is 0 Å². The van der Waals surface area contributed by atoms with Gasteiger partial charge in [0.2, 0.25) is 0 Å². The molecule has 1 aliphatic rings. The molecule has 44 heavy (non-hydrogen) atoms. The maximum atomic E-state index is 10.1. The molecule has 0 bridgehead atoms. The van der Waals surface area contributed by atoms with Crippen LogP contribution < -0.4 is 10.4 Å². The van der Waals surface area contributed by atoms with Crippen molar-refractivity contribution < 1.29 is 14.5 Å². The Bertz CT molecular complexity index is 2440.